The molecule has 0 bridgehead atoms. The molecule has 0 saturated heterocycles. The standard InChI is InChI=1S/C21H18N2O6/c1-27-19(24)12-16(21(26)28-2)22-14-7-9-15(10-8-14)23-20(25)18-11-13-5-3-4-6-17(13)29-18/h3-12,22H,1-2H3,(H,23,25)/b16-12+. The number of esters is 2. The van der Waals surface area contributed by atoms with Crippen LogP contribution < -0.4 is 10.6 Å². The van der Waals surface area contributed by atoms with E-state index in [4.69, 9.17) is 4.42 Å². The third-order valence-corrected chi connectivity index (χ3v) is 3.94. The van der Waals surface area contributed by atoms with Crippen molar-refractivity contribution in [1.29, 1.82) is 0 Å². The summed E-state index contributed by atoms with van der Waals surface area (Å²) in [6.07, 6.45) is 0.989. The molecule has 148 valence electrons. The molecule has 0 spiro atoms. The topological polar surface area (TPSA) is 107 Å². The number of nitrogens with one attached hydrogen (secondary N) is 2. The lowest BCUT2D eigenvalue weighted by atomic mass is 10.2. The highest BCUT2D eigenvalue weighted by Gasteiger charge is 2.14. The van der Waals surface area contributed by atoms with Gasteiger partial charge in [-0.3, -0.25) is 4.79 Å². The quantitative estimate of drug-likeness (QED) is 0.488. The lowest BCUT2D eigenvalue weighted by Crippen LogP contribution is -2.15. The van der Waals surface area contributed by atoms with E-state index in [-0.39, 0.29) is 17.4 Å². The second kappa shape index (κ2) is 8.75. The maximum atomic E-state index is 12.4. The van der Waals surface area contributed by atoms with Gasteiger partial charge in [-0.05, 0) is 36.4 Å². The molecular formula is C21H18N2O6. The first-order valence-corrected chi connectivity index (χ1v) is 8.55. The van der Waals surface area contributed by atoms with Crippen LogP contribution in [-0.4, -0.2) is 32.1 Å². The molecule has 1 aromatic heterocycles. The summed E-state index contributed by atoms with van der Waals surface area (Å²) in [5.74, 6) is -1.62. The van der Waals surface area contributed by atoms with Gasteiger partial charge in [-0.2, -0.15) is 0 Å². The molecule has 1 heterocycles. The van der Waals surface area contributed by atoms with Gasteiger partial charge in [0, 0.05) is 16.8 Å². The second-order valence-corrected chi connectivity index (χ2v) is 5.88. The van der Waals surface area contributed by atoms with Crippen LogP contribution in [0, 0.1) is 0 Å². The minimum atomic E-state index is -0.724. The number of rotatable bonds is 6. The molecule has 1 amide bonds. The summed E-state index contributed by atoms with van der Waals surface area (Å²) in [4.78, 5) is 35.6. The Balaban J connectivity index is 1.70. The molecule has 0 atom stereocenters. The van der Waals surface area contributed by atoms with Crippen LogP contribution in [-0.2, 0) is 19.1 Å². The van der Waals surface area contributed by atoms with Crippen LogP contribution in [0.1, 0.15) is 10.6 Å². The van der Waals surface area contributed by atoms with E-state index in [0.29, 0.717) is 17.0 Å². The molecule has 2 aromatic carbocycles. The number of methoxy groups -OCH3 is 2. The van der Waals surface area contributed by atoms with Gasteiger partial charge in [-0.1, -0.05) is 18.2 Å². The van der Waals surface area contributed by atoms with Crippen LogP contribution in [0.5, 0.6) is 0 Å². The minimum Gasteiger partial charge on any atom is -0.466 e. The summed E-state index contributed by atoms with van der Waals surface area (Å²) in [7, 11) is 2.40. The molecule has 3 rings (SSSR count). The van der Waals surface area contributed by atoms with E-state index in [1.54, 1.807) is 36.4 Å². The smallest absolute Gasteiger partial charge is 0.354 e. The van der Waals surface area contributed by atoms with Gasteiger partial charge in [0.05, 0.1) is 20.3 Å². The number of ether oxygens (including phenoxy) is 2. The van der Waals surface area contributed by atoms with Crippen molar-refractivity contribution in [2.45, 2.75) is 0 Å². The Hall–Kier alpha value is -4.07. The molecule has 29 heavy (non-hydrogen) atoms. The lowest BCUT2D eigenvalue weighted by molar-refractivity contribution is -0.138. The number of furan rings is 1. The highest BCUT2D eigenvalue weighted by Crippen LogP contribution is 2.21. The molecule has 0 aliphatic rings. The molecule has 0 saturated carbocycles. The summed E-state index contributed by atoms with van der Waals surface area (Å²) in [6.45, 7) is 0. The number of benzene rings is 2. The minimum absolute atomic E-state index is 0.0848. The largest absolute Gasteiger partial charge is 0.466 e. The van der Waals surface area contributed by atoms with E-state index < -0.39 is 11.9 Å². The second-order valence-electron chi connectivity index (χ2n) is 5.88. The average Bonchev–Trinajstić information content (AvgIpc) is 3.18. The fourth-order valence-electron chi connectivity index (χ4n) is 2.51. The maximum Gasteiger partial charge on any atom is 0.354 e. The molecular weight excluding hydrogens is 376 g/mol. The molecule has 8 heteroatoms. The van der Waals surface area contributed by atoms with E-state index in [2.05, 4.69) is 20.1 Å². The number of para-hydroxylation sites is 1. The van der Waals surface area contributed by atoms with E-state index >= 15 is 0 Å². The van der Waals surface area contributed by atoms with Crippen LogP contribution in [0.15, 0.2) is 70.8 Å². The van der Waals surface area contributed by atoms with Gasteiger partial charge in [0.15, 0.2) is 5.76 Å². The summed E-state index contributed by atoms with van der Waals surface area (Å²) in [6, 6.07) is 15.5. The monoisotopic (exact) mass is 394 g/mol. The lowest BCUT2D eigenvalue weighted by Gasteiger charge is -2.10. The Morgan fingerprint density at radius 2 is 1.55 bits per heavy atom. The molecule has 0 unspecified atom stereocenters. The van der Waals surface area contributed by atoms with E-state index in [1.165, 1.54) is 14.2 Å². The maximum absolute atomic E-state index is 12.4. The van der Waals surface area contributed by atoms with Crippen molar-refractivity contribution < 1.29 is 28.3 Å². The summed E-state index contributed by atoms with van der Waals surface area (Å²) in [5.41, 5.74) is 1.58. The number of carbonyl (C=O) groups excluding carboxylic acids is 3. The Morgan fingerprint density at radius 1 is 0.897 bits per heavy atom. The summed E-state index contributed by atoms with van der Waals surface area (Å²) >= 11 is 0. The average molecular weight is 394 g/mol. The molecule has 3 aromatic rings. The van der Waals surface area contributed by atoms with Crippen molar-refractivity contribution >= 4 is 40.2 Å². The van der Waals surface area contributed by atoms with Gasteiger partial charge in [-0.15, -0.1) is 0 Å². The SMILES string of the molecule is COC(=O)/C=C(/Nc1ccc(NC(=O)c2cc3ccccc3o2)cc1)C(=O)OC. The van der Waals surface area contributed by atoms with Crippen LogP contribution in [0.25, 0.3) is 11.0 Å². The van der Waals surface area contributed by atoms with Crippen LogP contribution >= 0.6 is 0 Å². The first-order valence-electron chi connectivity index (χ1n) is 8.55. The predicted octanol–water partition coefficient (Wildman–Crippen LogP) is 3.33. The highest BCUT2D eigenvalue weighted by molar-refractivity contribution is 6.04. The van der Waals surface area contributed by atoms with Crippen LogP contribution in [0.2, 0.25) is 0 Å². The van der Waals surface area contributed by atoms with Gasteiger partial charge in [0.2, 0.25) is 0 Å². The van der Waals surface area contributed by atoms with Crippen molar-refractivity contribution in [2.24, 2.45) is 0 Å². The van der Waals surface area contributed by atoms with Crippen LogP contribution in [0.3, 0.4) is 0 Å². The van der Waals surface area contributed by atoms with Crippen molar-refractivity contribution in [3.05, 3.63) is 72.1 Å². The first kappa shape index (κ1) is 19.7. The van der Waals surface area contributed by atoms with E-state index in [1.807, 2.05) is 18.2 Å². The molecule has 0 aliphatic heterocycles. The summed E-state index contributed by atoms with van der Waals surface area (Å²) in [5, 5.41) is 6.35. The molecule has 8 nitrogen and oxygen atoms in total. The van der Waals surface area contributed by atoms with Crippen LogP contribution in [0.4, 0.5) is 11.4 Å². The number of amides is 1. The molecule has 2 N–H and O–H groups in total. The Labute approximate surface area is 166 Å². The zero-order valence-electron chi connectivity index (χ0n) is 15.7. The fourth-order valence-corrected chi connectivity index (χ4v) is 2.51. The van der Waals surface area contributed by atoms with Gasteiger partial charge < -0.3 is 24.5 Å². The fraction of sp³-hybridized carbons (Fsp3) is 0.0952. The number of fused-ring (bicyclic) bond motifs is 1. The van der Waals surface area contributed by atoms with Crippen molar-refractivity contribution in [3.63, 3.8) is 0 Å². The Kier molecular flexibility index (Phi) is 5.94. The van der Waals surface area contributed by atoms with Gasteiger partial charge in [-0.25, -0.2) is 9.59 Å². The van der Waals surface area contributed by atoms with Gasteiger partial charge in [0.1, 0.15) is 11.3 Å². The van der Waals surface area contributed by atoms with Gasteiger partial charge >= 0.3 is 11.9 Å². The number of anilines is 2. The number of hydrogen-bond acceptors (Lipinski definition) is 7. The molecule has 0 aliphatic carbocycles. The first-order chi connectivity index (χ1) is 14.0. The zero-order valence-corrected chi connectivity index (χ0v) is 15.7. The molecule has 0 radical (unpaired) electrons. The highest BCUT2D eigenvalue weighted by atomic mass is 16.5. The normalized spacial score (nSPS) is 11.0. The predicted molar refractivity (Wildman–Crippen MR) is 106 cm³/mol. The summed E-state index contributed by atoms with van der Waals surface area (Å²) < 4.78 is 14.7. The Morgan fingerprint density at radius 3 is 2.17 bits per heavy atom. The van der Waals surface area contributed by atoms with E-state index in [0.717, 1.165) is 11.5 Å². The van der Waals surface area contributed by atoms with Gasteiger partial charge in [0.25, 0.3) is 5.91 Å². The third kappa shape index (κ3) is 4.81. The number of carbonyl (C=O) groups is 3. The van der Waals surface area contributed by atoms with E-state index in [9.17, 15) is 14.4 Å². The Bertz CT molecular complexity index is 1050. The molecule has 0 fully saturated rings. The zero-order chi connectivity index (χ0) is 20.8. The van der Waals surface area contributed by atoms with Crippen molar-refractivity contribution in [1.82, 2.24) is 0 Å². The third-order valence-electron chi connectivity index (χ3n) is 3.94. The number of hydrogen-bond donors (Lipinski definition) is 2. The van der Waals surface area contributed by atoms with Crippen molar-refractivity contribution in [3.8, 4) is 0 Å². The van der Waals surface area contributed by atoms with Crippen molar-refractivity contribution in [2.75, 3.05) is 24.9 Å².